The average Bonchev–Trinajstić information content (AvgIpc) is 3.46. The monoisotopic (exact) mass is 355 g/mol. The lowest BCUT2D eigenvalue weighted by Crippen LogP contribution is -2.51. The second-order valence-corrected chi connectivity index (χ2v) is 8.58. The molecule has 0 N–H and O–H groups in total. The van der Waals surface area contributed by atoms with Crippen LogP contribution in [0, 0.1) is 12.8 Å². The largest absolute Gasteiger partial charge is 0.337 e. The topological polar surface area (TPSA) is 43.9 Å². The number of hydrogen-bond donors (Lipinski definition) is 0. The van der Waals surface area contributed by atoms with Crippen molar-refractivity contribution >= 4 is 11.9 Å². The molecule has 140 valence electrons. The summed E-state index contributed by atoms with van der Waals surface area (Å²) < 4.78 is 0. The molecule has 0 spiro atoms. The zero-order valence-electron chi connectivity index (χ0n) is 16.1. The number of piperidine rings is 1. The zero-order valence-corrected chi connectivity index (χ0v) is 16.1. The maximum absolute atomic E-state index is 13.5. The van der Waals surface area contributed by atoms with E-state index in [2.05, 4.69) is 36.1 Å². The Kier molecular flexibility index (Phi) is 4.20. The summed E-state index contributed by atoms with van der Waals surface area (Å²) in [6.07, 6.45) is 4.02. The van der Waals surface area contributed by atoms with Crippen molar-refractivity contribution in [3.8, 4) is 0 Å². The van der Waals surface area contributed by atoms with Crippen LogP contribution in [0.3, 0.4) is 0 Å². The van der Waals surface area contributed by atoms with Gasteiger partial charge in [0.2, 0.25) is 5.91 Å². The van der Waals surface area contributed by atoms with Gasteiger partial charge in [0.1, 0.15) is 0 Å². The van der Waals surface area contributed by atoms with Gasteiger partial charge in [-0.2, -0.15) is 0 Å². The standard InChI is InChI=1S/C21H29N3O2/c1-15-4-7-17(8-5-15)21(10-11-21)19(25)24-13-16-6-9-18(24)14-23(12-16)20(26)22(2)3/h4-5,7-8,16,18H,6,9-14H2,1-3H3. The van der Waals surface area contributed by atoms with Gasteiger partial charge in [-0.05, 0) is 44.1 Å². The fourth-order valence-corrected chi connectivity index (χ4v) is 4.67. The van der Waals surface area contributed by atoms with Crippen LogP contribution in [-0.4, -0.2) is 66.4 Å². The van der Waals surface area contributed by atoms with Gasteiger partial charge in [-0.25, -0.2) is 4.79 Å². The second-order valence-electron chi connectivity index (χ2n) is 8.58. The first-order valence-corrected chi connectivity index (χ1v) is 9.75. The van der Waals surface area contributed by atoms with Gasteiger partial charge in [0.05, 0.1) is 5.41 Å². The Morgan fingerprint density at radius 2 is 1.73 bits per heavy atom. The van der Waals surface area contributed by atoms with Crippen LogP contribution in [-0.2, 0) is 10.2 Å². The molecule has 0 radical (unpaired) electrons. The Bertz CT molecular complexity index is 708. The number of carbonyl (C=O) groups is 2. The molecule has 2 bridgehead atoms. The van der Waals surface area contributed by atoms with Crippen LogP contribution in [0.15, 0.2) is 24.3 Å². The van der Waals surface area contributed by atoms with Gasteiger partial charge in [0.25, 0.3) is 0 Å². The van der Waals surface area contributed by atoms with Gasteiger partial charge in [-0.15, -0.1) is 0 Å². The van der Waals surface area contributed by atoms with Crippen LogP contribution in [0.5, 0.6) is 0 Å². The lowest BCUT2D eigenvalue weighted by atomic mass is 9.89. The predicted molar refractivity (Wildman–Crippen MR) is 101 cm³/mol. The Labute approximate surface area is 155 Å². The van der Waals surface area contributed by atoms with E-state index in [1.54, 1.807) is 19.0 Å². The van der Waals surface area contributed by atoms with Crippen molar-refractivity contribution < 1.29 is 9.59 Å². The third kappa shape index (κ3) is 2.87. The summed E-state index contributed by atoms with van der Waals surface area (Å²) in [5, 5.41) is 0. The molecule has 2 unspecified atom stereocenters. The molecular weight excluding hydrogens is 326 g/mol. The number of rotatable bonds is 2. The first-order chi connectivity index (χ1) is 12.4. The molecule has 5 heteroatoms. The van der Waals surface area contributed by atoms with Crippen LogP contribution in [0.2, 0.25) is 0 Å². The third-order valence-corrected chi connectivity index (χ3v) is 6.39. The zero-order chi connectivity index (χ0) is 18.5. The summed E-state index contributed by atoms with van der Waals surface area (Å²) in [5.74, 6) is 0.686. The van der Waals surface area contributed by atoms with E-state index >= 15 is 0 Å². The number of carbonyl (C=O) groups excluding carboxylic acids is 2. The Balaban J connectivity index is 1.56. The Morgan fingerprint density at radius 3 is 2.35 bits per heavy atom. The third-order valence-electron chi connectivity index (χ3n) is 6.39. The predicted octanol–water partition coefficient (Wildman–Crippen LogP) is 2.63. The number of nitrogens with zero attached hydrogens (tertiary/aromatic N) is 3. The van der Waals surface area contributed by atoms with Crippen LogP contribution >= 0.6 is 0 Å². The molecule has 26 heavy (non-hydrogen) atoms. The Hall–Kier alpha value is -2.04. The number of fused-ring (bicyclic) bond motifs is 4. The first kappa shape index (κ1) is 17.4. The normalized spacial score (nSPS) is 26.4. The molecule has 5 nitrogen and oxygen atoms in total. The molecule has 4 aliphatic rings. The van der Waals surface area contributed by atoms with Crippen molar-refractivity contribution in [3.05, 3.63) is 35.4 Å². The van der Waals surface area contributed by atoms with Gasteiger partial charge in [0.15, 0.2) is 0 Å². The molecule has 3 aliphatic heterocycles. The summed E-state index contributed by atoms with van der Waals surface area (Å²) in [6.45, 7) is 4.32. The van der Waals surface area contributed by atoms with E-state index in [-0.39, 0.29) is 23.4 Å². The molecule has 1 aromatic carbocycles. The van der Waals surface area contributed by atoms with Crippen molar-refractivity contribution in [2.75, 3.05) is 33.7 Å². The highest BCUT2D eigenvalue weighted by molar-refractivity contribution is 5.91. The minimum absolute atomic E-state index is 0.0656. The highest BCUT2D eigenvalue weighted by Crippen LogP contribution is 2.50. The van der Waals surface area contributed by atoms with Crippen molar-refractivity contribution in [1.29, 1.82) is 0 Å². The van der Waals surface area contributed by atoms with E-state index < -0.39 is 0 Å². The minimum atomic E-state index is -0.311. The summed E-state index contributed by atoms with van der Waals surface area (Å²) in [5.41, 5.74) is 2.08. The fourth-order valence-electron chi connectivity index (χ4n) is 4.67. The van der Waals surface area contributed by atoms with Crippen LogP contribution in [0.25, 0.3) is 0 Å². The van der Waals surface area contributed by atoms with Crippen molar-refractivity contribution in [3.63, 3.8) is 0 Å². The molecule has 1 aromatic rings. The minimum Gasteiger partial charge on any atom is -0.337 e. The molecule has 4 fully saturated rings. The van der Waals surface area contributed by atoms with Crippen LogP contribution in [0.1, 0.15) is 36.8 Å². The van der Waals surface area contributed by atoms with Crippen molar-refractivity contribution in [1.82, 2.24) is 14.7 Å². The van der Waals surface area contributed by atoms with Crippen molar-refractivity contribution in [2.24, 2.45) is 5.92 Å². The number of urea groups is 1. The van der Waals surface area contributed by atoms with Gasteiger partial charge in [0, 0.05) is 39.8 Å². The van der Waals surface area contributed by atoms with Gasteiger partial charge < -0.3 is 14.7 Å². The maximum atomic E-state index is 13.5. The molecule has 2 atom stereocenters. The van der Waals surface area contributed by atoms with Crippen LogP contribution in [0.4, 0.5) is 4.79 Å². The quantitative estimate of drug-likeness (QED) is 0.819. The fraction of sp³-hybridized carbons (Fsp3) is 0.619. The molecule has 5 rings (SSSR count). The van der Waals surface area contributed by atoms with Gasteiger partial charge in [-0.1, -0.05) is 29.8 Å². The first-order valence-electron chi connectivity index (χ1n) is 9.75. The number of amides is 3. The maximum Gasteiger partial charge on any atom is 0.319 e. The highest BCUT2D eigenvalue weighted by Gasteiger charge is 2.55. The van der Waals surface area contributed by atoms with Gasteiger partial charge in [-0.3, -0.25) is 4.79 Å². The molecule has 3 saturated heterocycles. The van der Waals surface area contributed by atoms with E-state index in [1.165, 1.54) is 5.56 Å². The lowest BCUT2D eigenvalue weighted by molar-refractivity contribution is -0.138. The summed E-state index contributed by atoms with van der Waals surface area (Å²) in [6, 6.07) is 8.68. The molecule has 3 heterocycles. The number of aryl methyl sites for hydroxylation is 1. The van der Waals surface area contributed by atoms with E-state index in [1.807, 2.05) is 4.90 Å². The molecular formula is C21H29N3O2. The summed E-state index contributed by atoms with van der Waals surface area (Å²) in [4.78, 5) is 31.7. The van der Waals surface area contributed by atoms with Gasteiger partial charge >= 0.3 is 6.03 Å². The number of benzene rings is 1. The second kappa shape index (κ2) is 6.29. The summed E-state index contributed by atoms with van der Waals surface area (Å²) in [7, 11) is 3.60. The number of hydrogen-bond acceptors (Lipinski definition) is 2. The Morgan fingerprint density at radius 1 is 1.04 bits per heavy atom. The van der Waals surface area contributed by atoms with Crippen LogP contribution < -0.4 is 0 Å². The molecule has 0 aromatic heterocycles. The molecule has 1 saturated carbocycles. The SMILES string of the molecule is Cc1ccc(C2(C(=O)N3CC4CCC3CN(C(=O)N(C)C)C4)CC2)cc1. The van der Waals surface area contributed by atoms with E-state index in [9.17, 15) is 9.59 Å². The molecule has 1 aliphatic carbocycles. The highest BCUT2D eigenvalue weighted by atomic mass is 16.2. The average molecular weight is 355 g/mol. The van der Waals surface area contributed by atoms with Crippen molar-refractivity contribution in [2.45, 2.75) is 44.1 Å². The van der Waals surface area contributed by atoms with E-state index in [0.717, 1.165) is 44.3 Å². The lowest BCUT2D eigenvalue weighted by Gasteiger charge is -2.38. The summed E-state index contributed by atoms with van der Waals surface area (Å²) >= 11 is 0. The smallest absolute Gasteiger partial charge is 0.319 e. The van der Waals surface area contributed by atoms with E-state index in [4.69, 9.17) is 0 Å². The molecule has 3 amide bonds. The van der Waals surface area contributed by atoms with E-state index in [0.29, 0.717) is 12.5 Å².